The van der Waals surface area contributed by atoms with E-state index in [1.165, 1.54) is 19.3 Å². The Labute approximate surface area is 112 Å². The third-order valence-electron chi connectivity index (χ3n) is 3.43. The van der Waals surface area contributed by atoms with Crippen LogP contribution in [0.3, 0.4) is 0 Å². The van der Waals surface area contributed by atoms with E-state index in [1.807, 2.05) is 0 Å². The lowest BCUT2D eigenvalue weighted by atomic mass is 9.80. The van der Waals surface area contributed by atoms with E-state index in [2.05, 4.69) is 17.6 Å². The summed E-state index contributed by atoms with van der Waals surface area (Å²) in [6, 6.07) is -0.585. The van der Waals surface area contributed by atoms with Crippen LogP contribution in [-0.2, 0) is 9.59 Å². The van der Waals surface area contributed by atoms with Gasteiger partial charge in [0.15, 0.2) is 0 Å². The van der Waals surface area contributed by atoms with Gasteiger partial charge < -0.3 is 10.4 Å². The Morgan fingerprint density at radius 3 is 2.53 bits per heavy atom. The molecule has 0 spiro atoms. The van der Waals surface area contributed by atoms with Crippen LogP contribution in [0.25, 0.3) is 0 Å². The standard InChI is InChI=1S/C13H20N2O4/c1-9-4-2-3-5-10(9)8-14-13(19)15-11(16)6-7-12(17)18/h6-7,9-10H,2-5,8H2,1H3,(H,17,18)(H2,14,15,16,19)/b7-6+. The predicted molar refractivity (Wildman–Crippen MR) is 69.4 cm³/mol. The summed E-state index contributed by atoms with van der Waals surface area (Å²) in [7, 11) is 0. The van der Waals surface area contributed by atoms with Crippen LogP contribution in [0, 0.1) is 11.8 Å². The molecule has 3 amide bonds. The monoisotopic (exact) mass is 268 g/mol. The fraction of sp³-hybridized carbons (Fsp3) is 0.615. The topological polar surface area (TPSA) is 95.5 Å². The summed E-state index contributed by atoms with van der Waals surface area (Å²) in [4.78, 5) is 32.8. The minimum atomic E-state index is -1.23. The first-order chi connectivity index (χ1) is 8.99. The first-order valence-electron chi connectivity index (χ1n) is 6.49. The molecule has 1 fully saturated rings. The molecular weight excluding hydrogens is 248 g/mol. The maximum Gasteiger partial charge on any atom is 0.328 e. The molecule has 0 aromatic heterocycles. The zero-order valence-corrected chi connectivity index (χ0v) is 11.0. The van der Waals surface area contributed by atoms with Gasteiger partial charge in [0.05, 0.1) is 0 Å². The van der Waals surface area contributed by atoms with Crippen molar-refractivity contribution in [2.45, 2.75) is 32.6 Å². The molecule has 1 aliphatic rings. The van der Waals surface area contributed by atoms with E-state index < -0.39 is 17.9 Å². The van der Waals surface area contributed by atoms with Crippen molar-refractivity contribution in [1.29, 1.82) is 0 Å². The zero-order valence-electron chi connectivity index (χ0n) is 11.0. The molecule has 3 N–H and O–H groups in total. The van der Waals surface area contributed by atoms with Crippen molar-refractivity contribution in [2.24, 2.45) is 11.8 Å². The average molecular weight is 268 g/mol. The number of rotatable bonds is 4. The molecule has 0 aliphatic heterocycles. The quantitative estimate of drug-likeness (QED) is 0.669. The molecule has 1 rings (SSSR count). The minimum Gasteiger partial charge on any atom is -0.478 e. The summed E-state index contributed by atoms with van der Waals surface area (Å²) in [6.07, 6.45) is 6.18. The SMILES string of the molecule is CC1CCCCC1CNC(=O)NC(=O)/C=C/C(=O)O. The largest absolute Gasteiger partial charge is 0.478 e. The molecule has 1 saturated carbocycles. The first-order valence-corrected chi connectivity index (χ1v) is 6.49. The van der Waals surface area contributed by atoms with Crippen molar-refractivity contribution in [1.82, 2.24) is 10.6 Å². The molecule has 0 heterocycles. The second kappa shape index (κ2) is 7.56. The van der Waals surface area contributed by atoms with Crippen LogP contribution in [0.2, 0.25) is 0 Å². The van der Waals surface area contributed by atoms with Crippen molar-refractivity contribution in [3.63, 3.8) is 0 Å². The molecule has 2 unspecified atom stereocenters. The van der Waals surface area contributed by atoms with Gasteiger partial charge in [0, 0.05) is 18.7 Å². The van der Waals surface area contributed by atoms with Gasteiger partial charge >= 0.3 is 12.0 Å². The number of imide groups is 1. The van der Waals surface area contributed by atoms with E-state index in [9.17, 15) is 14.4 Å². The molecule has 6 nitrogen and oxygen atoms in total. The number of amides is 3. The molecular formula is C13H20N2O4. The molecule has 0 saturated heterocycles. The van der Waals surface area contributed by atoms with Gasteiger partial charge in [-0.15, -0.1) is 0 Å². The Morgan fingerprint density at radius 1 is 1.21 bits per heavy atom. The fourth-order valence-electron chi connectivity index (χ4n) is 2.26. The number of hydrogen-bond acceptors (Lipinski definition) is 3. The Kier molecular flexibility index (Phi) is 6.05. The number of urea groups is 1. The highest BCUT2D eigenvalue weighted by atomic mass is 16.4. The fourth-order valence-corrected chi connectivity index (χ4v) is 2.26. The van der Waals surface area contributed by atoms with Gasteiger partial charge in [0.1, 0.15) is 0 Å². The predicted octanol–water partition coefficient (Wildman–Crippen LogP) is 1.28. The van der Waals surface area contributed by atoms with Crippen molar-refractivity contribution < 1.29 is 19.5 Å². The van der Waals surface area contributed by atoms with E-state index in [0.717, 1.165) is 12.5 Å². The van der Waals surface area contributed by atoms with Gasteiger partial charge in [-0.05, 0) is 18.3 Å². The van der Waals surface area contributed by atoms with Gasteiger partial charge in [-0.3, -0.25) is 10.1 Å². The van der Waals surface area contributed by atoms with E-state index >= 15 is 0 Å². The van der Waals surface area contributed by atoms with Crippen molar-refractivity contribution in [2.75, 3.05) is 6.54 Å². The summed E-state index contributed by atoms with van der Waals surface area (Å²) in [5, 5.41) is 13.0. The Bertz CT molecular complexity index is 379. The summed E-state index contributed by atoms with van der Waals surface area (Å²) >= 11 is 0. The molecule has 19 heavy (non-hydrogen) atoms. The minimum absolute atomic E-state index is 0.448. The lowest BCUT2D eigenvalue weighted by Gasteiger charge is -2.28. The van der Waals surface area contributed by atoms with Crippen molar-refractivity contribution in [3.05, 3.63) is 12.2 Å². The number of carboxylic acids is 1. The summed E-state index contributed by atoms with van der Waals surface area (Å²) in [5.74, 6) is -0.941. The third-order valence-corrected chi connectivity index (χ3v) is 3.43. The number of hydrogen-bond donors (Lipinski definition) is 3. The normalized spacial score (nSPS) is 23.0. The first kappa shape index (κ1) is 15.2. The number of carbonyl (C=O) groups is 3. The van der Waals surface area contributed by atoms with Gasteiger partial charge in [-0.25, -0.2) is 9.59 Å². The summed E-state index contributed by atoms with van der Waals surface area (Å²) in [6.45, 7) is 2.72. The molecule has 2 atom stereocenters. The highest BCUT2D eigenvalue weighted by Gasteiger charge is 2.21. The Morgan fingerprint density at radius 2 is 1.89 bits per heavy atom. The number of aliphatic carboxylic acids is 1. The molecule has 0 bridgehead atoms. The van der Waals surface area contributed by atoms with Gasteiger partial charge in [-0.1, -0.05) is 26.2 Å². The van der Waals surface area contributed by atoms with E-state index in [1.54, 1.807) is 0 Å². The molecule has 0 aromatic rings. The number of nitrogens with one attached hydrogen (secondary N) is 2. The maximum absolute atomic E-state index is 11.4. The highest BCUT2D eigenvalue weighted by Crippen LogP contribution is 2.28. The van der Waals surface area contributed by atoms with Crippen LogP contribution in [0.15, 0.2) is 12.2 Å². The van der Waals surface area contributed by atoms with Gasteiger partial charge in [-0.2, -0.15) is 0 Å². The summed E-state index contributed by atoms with van der Waals surface area (Å²) < 4.78 is 0. The van der Waals surface area contributed by atoms with E-state index in [-0.39, 0.29) is 0 Å². The molecule has 0 aromatic carbocycles. The molecule has 106 valence electrons. The van der Waals surface area contributed by atoms with Crippen LogP contribution >= 0.6 is 0 Å². The lowest BCUT2D eigenvalue weighted by Crippen LogP contribution is -2.42. The second-order valence-electron chi connectivity index (χ2n) is 4.89. The van der Waals surface area contributed by atoms with Gasteiger partial charge in [0.25, 0.3) is 5.91 Å². The van der Waals surface area contributed by atoms with Crippen LogP contribution in [-0.4, -0.2) is 29.6 Å². The average Bonchev–Trinajstić information content (AvgIpc) is 2.35. The van der Waals surface area contributed by atoms with Crippen molar-refractivity contribution >= 4 is 17.9 Å². The van der Waals surface area contributed by atoms with E-state index in [0.29, 0.717) is 24.5 Å². The third kappa shape index (κ3) is 6.03. The highest BCUT2D eigenvalue weighted by molar-refractivity contribution is 6.02. The molecule has 1 aliphatic carbocycles. The maximum atomic E-state index is 11.4. The van der Waals surface area contributed by atoms with Crippen LogP contribution in [0.5, 0.6) is 0 Å². The van der Waals surface area contributed by atoms with Crippen LogP contribution in [0.1, 0.15) is 32.6 Å². The molecule has 0 radical (unpaired) electrons. The Balaban J connectivity index is 2.27. The van der Waals surface area contributed by atoms with E-state index in [4.69, 9.17) is 5.11 Å². The van der Waals surface area contributed by atoms with Crippen LogP contribution in [0.4, 0.5) is 4.79 Å². The molecule has 6 heteroatoms. The zero-order chi connectivity index (χ0) is 14.3. The van der Waals surface area contributed by atoms with Crippen LogP contribution < -0.4 is 10.6 Å². The number of carboxylic acid groups (broad SMARTS) is 1. The number of carbonyl (C=O) groups excluding carboxylic acids is 2. The van der Waals surface area contributed by atoms with Gasteiger partial charge in [0.2, 0.25) is 0 Å². The van der Waals surface area contributed by atoms with Crippen molar-refractivity contribution in [3.8, 4) is 0 Å². The smallest absolute Gasteiger partial charge is 0.328 e. The second-order valence-corrected chi connectivity index (χ2v) is 4.89. The summed E-state index contributed by atoms with van der Waals surface area (Å²) in [5.41, 5.74) is 0. The Hall–Kier alpha value is -1.85. The lowest BCUT2D eigenvalue weighted by molar-refractivity contribution is -0.131.